The Kier molecular flexibility index (Phi) is 46.1. The summed E-state index contributed by atoms with van der Waals surface area (Å²) in [7, 11) is 0.868. The largest absolute Gasteiger partial charge is 3.00 e. The van der Waals surface area contributed by atoms with Gasteiger partial charge in [0, 0.05) is 36.3 Å². The Morgan fingerprint density at radius 1 is 0.286 bits per heavy atom. The number of hydrogen-bond acceptors (Lipinski definition) is 3. The molecule has 0 aromatic heterocycles. The van der Waals surface area contributed by atoms with Crippen LogP contribution in [-0.4, -0.2) is 50.3 Å². The zero-order chi connectivity index (χ0) is 40.4. The summed E-state index contributed by atoms with van der Waals surface area (Å²) in [6.07, 6.45) is 45.7. The van der Waals surface area contributed by atoms with E-state index >= 15 is 0 Å². The molecule has 9 nitrogen and oxygen atoms in total. The van der Waals surface area contributed by atoms with Crippen molar-refractivity contribution >= 4 is 24.3 Å². The van der Waals surface area contributed by atoms with Gasteiger partial charge in [0.1, 0.15) is 16.8 Å². The summed E-state index contributed by atoms with van der Waals surface area (Å²) >= 11 is 0. The average Bonchev–Trinajstić information content (AvgIpc) is 3.30. The van der Waals surface area contributed by atoms with E-state index < -0.39 is 0 Å². The monoisotopic (exact) mass is 917 g/mol. The smallest absolute Gasteiger partial charge is 3.00 e. The summed E-state index contributed by atoms with van der Waals surface area (Å²) in [5.41, 5.74) is 0. The standard InChI is InChI=1S/C36H68N3P3.6CO.2Fe/c1-7-19-31(20-8-1)37(32-21-9-2-10-22-32)40-42(39(35-27-15-5-16-28-35)36-29-17-6-18-30-36)41-38(33-23-11-3-12-24-33)34-25-13-4-14-26-34;6*1-2;;/h31-36,40-41H,1-30H2;;;;;;;;/q;;;;;;;2*+3/p+2. The first-order valence-corrected chi connectivity index (χ1v) is 26.5. The second kappa shape index (κ2) is 42.3. The molecule has 6 rings (SSSR count). The maximum Gasteiger partial charge on any atom is 3.00 e. The second-order valence-corrected chi connectivity index (χ2v) is 24.9. The van der Waals surface area contributed by atoms with Gasteiger partial charge in [0.15, 0.2) is 0 Å². The van der Waals surface area contributed by atoms with Crippen molar-refractivity contribution < 1.29 is 62.1 Å². The van der Waals surface area contributed by atoms with E-state index in [9.17, 15) is 0 Å². The molecule has 312 valence electrons. The molecule has 0 spiro atoms. The van der Waals surface area contributed by atoms with Crippen LogP contribution in [0.2, 0.25) is 0 Å². The fourth-order valence-corrected chi connectivity index (χ4v) is 24.7. The van der Waals surface area contributed by atoms with Gasteiger partial charge in [-0.25, -0.2) is 4.67 Å². The quantitative estimate of drug-likeness (QED) is 0.0885. The topological polar surface area (TPSA) is 129 Å². The normalized spacial score (nSPS) is 22.1. The Labute approximate surface area is 367 Å². The molecule has 6 fully saturated rings. The Bertz CT molecular complexity index is 876. The molecule has 6 aliphatic carbocycles. The zero-order valence-electron chi connectivity index (χ0n) is 33.8. The fraction of sp³-hybridized carbons (Fsp3) is 0.857. The third-order valence-corrected chi connectivity index (χ3v) is 23.6. The van der Waals surface area contributed by atoms with Gasteiger partial charge in [0.25, 0.3) is 0 Å². The van der Waals surface area contributed by atoms with Crippen LogP contribution in [-0.2, 0) is 62.1 Å². The van der Waals surface area contributed by atoms with Crippen LogP contribution in [0, 0.1) is 39.9 Å². The fourth-order valence-electron chi connectivity index (χ4n) is 10.3. The molecule has 14 heteroatoms. The average molecular weight is 918 g/mol. The SMILES string of the molecule is C1CCC(N([PH2+]P([PH2+]N(C2CCCCC2)C2CCCCC2)N(C2CCCCC2)C2CCCCC2)C2CCCCC2)CC1.[C-]#[O+].[C-]#[O+].[C-]#[O+].[C-]#[O+].[C-]#[O+].[C-]#[O+].[Fe+3].[Fe+3]. The predicted octanol–water partition coefficient (Wildman–Crippen LogP) is 11.5. The zero-order valence-corrected chi connectivity index (χ0v) is 39.2. The number of nitrogens with zero attached hydrogens (tertiary/aromatic N) is 3. The first kappa shape index (κ1) is 61.0. The summed E-state index contributed by atoms with van der Waals surface area (Å²) in [4.78, 5) is 0. The molecule has 0 bridgehead atoms. The van der Waals surface area contributed by atoms with Crippen LogP contribution in [0.15, 0.2) is 0 Å². The summed E-state index contributed by atoms with van der Waals surface area (Å²) in [5.74, 6) is 0. The van der Waals surface area contributed by atoms with Crippen molar-refractivity contribution in [2.24, 2.45) is 0 Å². The molecular weight excluding hydrogens is 847 g/mol. The van der Waals surface area contributed by atoms with Crippen molar-refractivity contribution in [1.29, 1.82) is 0 Å². The summed E-state index contributed by atoms with van der Waals surface area (Å²) in [6.45, 7) is 27.0. The Balaban J connectivity index is -0.00000184. The molecule has 0 aliphatic heterocycles. The second-order valence-electron chi connectivity index (χ2n) is 15.6. The van der Waals surface area contributed by atoms with Gasteiger partial charge in [-0.05, 0) is 77.0 Å². The van der Waals surface area contributed by atoms with Gasteiger partial charge in [0.2, 0.25) is 0 Å². The van der Waals surface area contributed by atoms with E-state index in [-0.39, 0.29) is 41.6 Å². The van der Waals surface area contributed by atoms with E-state index in [1.54, 1.807) is 0 Å². The van der Waals surface area contributed by atoms with E-state index in [1.165, 1.54) is 193 Å². The minimum Gasteiger partial charge on any atom is 3.00 e. The minimum atomic E-state index is 0. The van der Waals surface area contributed by atoms with Crippen LogP contribution < -0.4 is 0 Å². The Hall–Kier alpha value is 0.649. The van der Waals surface area contributed by atoms with Gasteiger partial charge >= 0.3 is 109 Å². The number of hydrogen-bond donors (Lipinski definition) is 0. The molecule has 6 saturated carbocycles. The first-order chi connectivity index (χ1) is 26.9. The molecule has 2 atom stereocenters. The van der Waals surface area contributed by atoms with Crippen molar-refractivity contribution in [1.82, 2.24) is 14.0 Å². The molecule has 0 N–H and O–H groups in total. The van der Waals surface area contributed by atoms with Crippen LogP contribution in [0.5, 0.6) is 0 Å². The first-order valence-electron chi connectivity index (χ1n) is 20.9. The summed E-state index contributed by atoms with van der Waals surface area (Å²) in [5, 5.41) is 0. The number of rotatable bonds is 11. The van der Waals surface area contributed by atoms with Crippen LogP contribution >= 0.6 is 24.3 Å². The van der Waals surface area contributed by atoms with E-state index in [4.69, 9.17) is 27.9 Å². The van der Waals surface area contributed by atoms with Crippen LogP contribution in [0.25, 0.3) is 0 Å². The van der Waals surface area contributed by atoms with E-state index in [1.807, 2.05) is 0 Å². The molecule has 2 radical (unpaired) electrons. The Morgan fingerprint density at radius 2 is 0.446 bits per heavy atom. The van der Waals surface area contributed by atoms with Gasteiger partial charge in [-0.1, -0.05) is 116 Å². The van der Waals surface area contributed by atoms with Crippen LogP contribution in [0.4, 0.5) is 0 Å². The molecule has 6 aliphatic rings. The van der Waals surface area contributed by atoms with Crippen molar-refractivity contribution in [3.8, 4) is 0 Å². The summed E-state index contributed by atoms with van der Waals surface area (Å²) in [6, 6.07) is 5.65. The molecular formula is C42H70Fe2N3O6P3+8. The molecule has 2 unspecified atom stereocenters. The van der Waals surface area contributed by atoms with E-state index in [2.05, 4.69) is 53.9 Å². The van der Waals surface area contributed by atoms with Crippen molar-refractivity contribution in [2.45, 2.75) is 229 Å². The maximum absolute atomic E-state index is 7.50. The van der Waals surface area contributed by atoms with E-state index in [0.717, 1.165) is 36.3 Å². The third kappa shape index (κ3) is 22.0. The van der Waals surface area contributed by atoms with Crippen molar-refractivity contribution in [3.05, 3.63) is 39.9 Å². The minimum absolute atomic E-state index is 0. The third-order valence-electron chi connectivity index (χ3n) is 12.7. The van der Waals surface area contributed by atoms with Crippen molar-refractivity contribution in [2.75, 3.05) is 0 Å². The van der Waals surface area contributed by atoms with Gasteiger partial charge in [-0.2, -0.15) is 9.34 Å². The Morgan fingerprint density at radius 3 is 0.625 bits per heavy atom. The molecule has 0 aromatic rings. The van der Waals surface area contributed by atoms with Crippen LogP contribution in [0.3, 0.4) is 0 Å². The van der Waals surface area contributed by atoms with Gasteiger partial charge in [-0.3, -0.25) is 0 Å². The molecule has 0 heterocycles. The molecule has 56 heavy (non-hydrogen) atoms. The predicted molar refractivity (Wildman–Crippen MR) is 217 cm³/mol. The molecule has 0 aromatic carbocycles. The maximum atomic E-state index is 7.50. The van der Waals surface area contributed by atoms with E-state index in [0.29, 0.717) is 16.8 Å². The van der Waals surface area contributed by atoms with Crippen molar-refractivity contribution in [3.63, 3.8) is 0 Å². The van der Waals surface area contributed by atoms with Crippen LogP contribution in [0.1, 0.15) is 193 Å². The molecule has 0 amide bonds. The van der Waals surface area contributed by atoms with Gasteiger partial charge in [-0.15, -0.1) is 0 Å². The molecule has 0 saturated heterocycles. The summed E-state index contributed by atoms with van der Waals surface area (Å²) < 4.78 is 55.2. The van der Waals surface area contributed by atoms with Gasteiger partial charge in [0.05, 0.1) is 0 Å². The van der Waals surface area contributed by atoms with Gasteiger partial charge < -0.3 is 0 Å².